The fraction of sp³-hybridized carbons (Fsp3) is 0.294. The molecule has 4 nitrogen and oxygen atoms in total. The van der Waals surface area contributed by atoms with Crippen LogP contribution in [0.25, 0.3) is 0 Å². The number of hydrogen-bond acceptors (Lipinski definition) is 4. The number of rotatable bonds is 7. The molecule has 0 aliphatic carbocycles. The predicted molar refractivity (Wildman–Crippen MR) is 87.4 cm³/mol. The van der Waals surface area contributed by atoms with Crippen LogP contribution in [0.4, 0.5) is 4.39 Å². The van der Waals surface area contributed by atoms with E-state index in [1.54, 1.807) is 30.3 Å². The summed E-state index contributed by atoms with van der Waals surface area (Å²) in [5.41, 5.74) is 7.08. The Kier molecular flexibility index (Phi) is 6.21. The molecule has 0 amide bonds. The second-order valence-electron chi connectivity index (χ2n) is 5.02. The van der Waals surface area contributed by atoms with Gasteiger partial charge in [-0.15, -0.1) is 0 Å². The van der Waals surface area contributed by atoms with Crippen molar-refractivity contribution >= 4 is 11.6 Å². The number of aliphatic hydroxyl groups excluding tert-OH is 1. The first-order chi connectivity index (χ1) is 11.1. The Balaban J connectivity index is 2.17. The molecule has 0 aliphatic heterocycles. The van der Waals surface area contributed by atoms with Gasteiger partial charge in [0.05, 0.1) is 12.1 Å². The van der Waals surface area contributed by atoms with Gasteiger partial charge in [0.2, 0.25) is 0 Å². The molecule has 1 unspecified atom stereocenters. The van der Waals surface area contributed by atoms with Gasteiger partial charge in [0, 0.05) is 18.2 Å². The van der Waals surface area contributed by atoms with E-state index in [-0.39, 0.29) is 24.8 Å². The molecule has 0 aliphatic rings. The van der Waals surface area contributed by atoms with Crippen molar-refractivity contribution in [3.05, 3.63) is 58.4 Å². The second kappa shape index (κ2) is 8.15. The minimum absolute atomic E-state index is 0.00746. The smallest absolute Gasteiger partial charge is 0.161 e. The molecule has 124 valence electrons. The monoisotopic (exact) mass is 339 g/mol. The van der Waals surface area contributed by atoms with Crippen LogP contribution in [0.3, 0.4) is 0 Å². The van der Waals surface area contributed by atoms with E-state index in [9.17, 15) is 4.39 Å². The van der Waals surface area contributed by atoms with Crippen LogP contribution in [0, 0.1) is 5.82 Å². The quantitative estimate of drug-likeness (QED) is 0.811. The van der Waals surface area contributed by atoms with Crippen molar-refractivity contribution in [1.82, 2.24) is 0 Å². The average molecular weight is 340 g/mol. The number of halogens is 2. The van der Waals surface area contributed by atoms with Gasteiger partial charge in [-0.1, -0.05) is 23.7 Å². The summed E-state index contributed by atoms with van der Waals surface area (Å²) in [4.78, 5) is 0. The molecule has 2 aromatic rings. The predicted octanol–water partition coefficient (Wildman–Crippen LogP) is 3.45. The van der Waals surface area contributed by atoms with E-state index in [4.69, 9.17) is 31.9 Å². The molecule has 0 spiro atoms. The highest BCUT2D eigenvalue weighted by Gasteiger charge is 2.13. The highest BCUT2D eigenvalue weighted by Crippen LogP contribution is 2.32. The molecule has 6 heteroatoms. The zero-order valence-electron chi connectivity index (χ0n) is 12.8. The maximum Gasteiger partial charge on any atom is 0.161 e. The second-order valence-corrected chi connectivity index (χ2v) is 5.43. The molecule has 0 saturated heterocycles. The lowest BCUT2D eigenvalue weighted by Crippen LogP contribution is -2.12. The zero-order valence-corrected chi connectivity index (χ0v) is 13.5. The molecule has 23 heavy (non-hydrogen) atoms. The van der Waals surface area contributed by atoms with Crippen molar-refractivity contribution < 1.29 is 19.0 Å². The van der Waals surface area contributed by atoms with Crippen LogP contribution in [0.1, 0.15) is 23.6 Å². The molecule has 2 aromatic carbocycles. The van der Waals surface area contributed by atoms with Gasteiger partial charge in [-0.05, 0) is 36.2 Å². The van der Waals surface area contributed by atoms with E-state index in [1.807, 2.05) is 0 Å². The summed E-state index contributed by atoms with van der Waals surface area (Å²) in [5.74, 6) is 0.535. The summed E-state index contributed by atoms with van der Waals surface area (Å²) in [6, 6.07) is 9.44. The fourth-order valence-electron chi connectivity index (χ4n) is 2.16. The lowest BCUT2D eigenvalue weighted by atomic mass is 10.0. The van der Waals surface area contributed by atoms with Crippen LogP contribution in [-0.2, 0) is 6.61 Å². The minimum Gasteiger partial charge on any atom is -0.493 e. The van der Waals surface area contributed by atoms with Gasteiger partial charge in [-0.2, -0.15) is 0 Å². The molecule has 0 bridgehead atoms. The first kappa shape index (κ1) is 17.5. The molecule has 0 saturated carbocycles. The van der Waals surface area contributed by atoms with Crippen molar-refractivity contribution in [3.63, 3.8) is 0 Å². The molecule has 2 rings (SSSR count). The Morgan fingerprint density at radius 2 is 2.04 bits per heavy atom. The zero-order chi connectivity index (χ0) is 16.8. The van der Waals surface area contributed by atoms with Crippen molar-refractivity contribution in [2.45, 2.75) is 19.1 Å². The van der Waals surface area contributed by atoms with Gasteiger partial charge in [0.15, 0.2) is 11.5 Å². The Labute approximate surface area is 139 Å². The Morgan fingerprint density at radius 3 is 2.70 bits per heavy atom. The molecule has 0 heterocycles. The van der Waals surface area contributed by atoms with Crippen molar-refractivity contribution in [2.24, 2.45) is 5.73 Å². The van der Waals surface area contributed by atoms with Crippen molar-refractivity contribution in [1.29, 1.82) is 0 Å². The largest absolute Gasteiger partial charge is 0.493 e. The topological polar surface area (TPSA) is 64.7 Å². The van der Waals surface area contributed by atoms with Crippen LogP contribution in [-0.4, -0.2) is 18.8 Å². The highest BCUT2D eigenvalue weighted by atomic mass is 35.5. The third-order valence-corrected chi connectivity index (χ3v) is 3.84. The Hall–Kier alpha value is -1.82. The molecular formula is C17H19ClFNO3. The van der Waals surface area contributed by atoms with Crippen LogP contribution in [0.5, 0.6) is 11.5 Å². The van der Waals surface area contributed by atoms with Crippen molar-refractivity contribution in [2.75, 3.05) is 13.7 Å². The third kappa shape index (κ3) is 4.34. The first-order valence-electron chi connectivity index (χ1n) is 7.17. The molecule has 3 N–H and O–H groups in total. The van der Waals surface area contributed by atoms with Crippen LogP contribution < -0.4 is 15.2 Å². The lowest BCUT2D eigenvalue weighted by molar-refractivity contribution is 0.274. The number of aliphatic hydroxyl groups is 1. The summed E-state index contributed by atoms with van der Waals surface area (Å²) < 4.78 is 24.7. The van der Waals surface area contributed by atoms with E-state index >= 15 is 0 Å². The highest BCUT2D eigenvalue weighted by molar-refractivity contribution is 6.31. The summed E-state index contributed by atoms with van der Waals surface area (Å²) in [6.07, 6.45) is 0.453. The van der Waals surface area contributed by atoms with E-state index in [1.165, 1.54) is 13.2 Å². The number of hydrogen-bond donors (Lipinski definition) is 2. The van der Waals surface area contributed by atoms with Gasteiger partial charge in [-0.3, -0.25) is 0 Å². The number of nitrogens with two attached hydrogens (primary N) is 1. The van der Waals surface area contributed by atoms with Crippen LogP contribution in [0.15, 0.2) is 36.4 Å². The molecule has 0 radical (unpaired) electrons. The van der Waals surface area contributed by atoms with Gasteiger partial charge in [0.25, 0.3) is 0 Å². The first-order valence-corrected chi connectivity index (χ1v) is 7.54. The molecular weight excluding hydrogens is 321 g/mol. The third-order valence-electron chi connectivity index (χ3n) is 3.49. The van der Waals surface area contributed by atoms with E-state index in [0.717, 1.165) is 5.56 Å². The molecule has 0 aromatic heterocycles. The van der Waals surface area contributed by atoms with E-state index < -0.39 is 5.82 Å². The number of benzene rings is 2. The van der Waals surface area contributed by atoms with Gasteiger partial charge in [-0.25, -0.2) is 4.39 Å². The number of methoxy groups -OCH3 is 1. The lowest BCUT2D eigenvalue weighted by Gasteiger charge is -2.16. The van der Waals surface area contributed by atoms with E-state index in [0.29, 0.717) is 22.9 Å². The fourth-order valence-corrected chi connectivity index (χ4v) is 2.38. The van der Waals surface area contributed by atoms with Crippen LogP contribution in [0.2, 0.25) is 5.02 Å². The Morgan fingerprint density at radius 1 is 1.26 bits per heavy atom. The van der Waals surface area contributed by atoms with Crippen LogP contribution >= 0.6 is 11.6 Å². The van der Waals surface area contributed by atoms with E-state index in [2.05, 4.69) is 0 Å². The maximum absolute atomic E-state index is 13.8. The number of ether oxygens (including phenoxy) is 2. The Bertz CT molecular complexity index is 646. The molecule has 0 fully saturated rings. The van der Waals surface area contributed by atoms with Crippen molar-refractivity contribution in [3.8, 4) is 11.5 Å². The SMILES string of the molecule is COc1cc(C(N)CCO)ccc1OCc1c(F)cccc1Cl. The normalized spacial score (nSPS) is 12.0. The minimum atomic E-state index is -0.418. The van der Waals surface area contributed by atoms with Gasteiger partial charge in [0.1, 0.15) is 12.4 Å². The summed E-state index contributed by atoms with van der Waals surface area (Å²) in [6.45, 7) is -0.00256. The average Bonchev–Trinajstić information content (AvgIpc) is 2.54. The standard InChI is InChI=1S/C17H19ClFNO3/c1-22-17-9-11(15(20)7-8-21)5-6-16(17)23-10-12-13(18)3-2-4-14(12)19/h2-6,9,15,21H,7-8,10,20H2,1H3. The molecule has 1 atom stereocenters. The summed E-state index contributed by atoms with van der Waals surface area (Å²) in [7, 11) is 1.51. The van der Waals surface area contributed by atoms with Gasteiger partial charge < -0.3 is 20.3 Å². The maximum atomic E-state index is 13.8. The summed E-state index contributed by atoms with van der Waals surface area (Å²) in [5, 5.41) is 9.27. The van der Waals surface area contributed by atoms with Gasteiger partial charge >= 0.3 is 0 Å². The summed E-state index contributed by atoms with van der Waals surface area (Å²) >= 11 is 5.98.